The van der Waals surface area contributed by atoms with Crippen molar-refractivity contribution in [3.63, 3.8) is 0 Å². The lowest BCUT2D eigenvalue weighted by molar-refractivity contribution is -0.387. The van der Waals surface area contributed by atoms with Gasteiger partial charge in [-0.2, -0.15) is 0 Å². The van der Waals surface area contributed by atoms with E-state index in [1.54, 1.807) is 0 Å². The molecule has 4 aliphatic heterocycles. The Balaban J connectivity index is 1.20. The van der Waals surface area contributed by atoms with E-state index in [1.807, 2.05) is 0 Å². The number of nitrogens with zero attached hydrogens (tertiary/aromatic N) is 3. The fraction of sp³-hybridized carbons (Fsp3) is 0.800. The number of halogens is 1. The first-order valence-electron chi connectivity index (χ1n) is 19.4. The number of benzene rings is 1. The fourth-order valence-corrected chi connectivity index (χ4v) is 7.21. The summed E-state index contributed by atoms with van der Waals surface area (Å²) in [6.45, 7) is -4.62. The van der Waals surface area contributed by atoms with Gasteiger partial charge in [0.25, 0.3) is 0 Å². The molecule has 0 aliphatic carbocycles. The molecular formula is C35H53FN4O22. The Kier molecular flexibility index (Phi) is 18.3. The molecule has 0 aromatic heterocycles. The Morgan fingerprint density at radius 2 is 1.08 bits per heavy atom. The predicted octanol–water partition coefficient (Wildman–Crippen LogP) is -6.16. The number of hydrogen-bond donors (Lipinski definition) is 14. The van der Waals surface area contributed by atoms with E-state index >= 15 is 0 Å². The van der Waals surface area contributed by atoms with Crippen LogP contribution >= 0.6 is 0 Å². The van der Waals surface area contributed by atoms with Gasteiger partial charge in [-0.25, -0.2) is 4.39 Å². The number of anilines is 1. The van der Waals surface area contributed by atoms with Gasteiger partial charge < -0.3 is 110 Å². The van der Waals surface area contributed by atoms with Crippen LogP contribution in [-0.4, -0.2) is 228 Å². The maximum Gasteiger partial charge on any atom is 0.229 e. The number of alkyl halides is 1. The second-order valence-corrected chi connectivity index (χ2v) is 14.8. The SMILES string of the molecule is [N-]=[N+]=NCCCC(=O)Nc1ccc(O[C@@H]2OC(CO)[C@H](O[C@H]3OC(CO)[C@H](O[C@H]4OC(CO)[C@@H](O[C@H]5OC(CO)[C@@H](O)C(O)C5O)C(O)C4O)C(O)C3O)C(O)C2O)c(CF)c1. The zero-order valence-electron chi connectivity index (χ0n) is 32.6. The number of azide groups is 1. The summed E-state index contributed by atoms with van der Waals surface area (Å²) in [6, 6.07) is 3.86. The van der Waals surface area contributed by atoms with Gasteiger partial charge in [-0.3, -0.25) is 4.79 Å². The van der Waals surface area contributed by atoms with E-state index in [4.69, 9.17) is 43.4 Å². The summed E-state index contributed by atoms with van der Waals surface area (Å²) in [6.07, 6.45) is -36.2. The molecule has 1 aromatic rings. The third-order valence-electron chi connectivity index (χ3n) is 10.6. The van der Waals surface area contributed by atoms with Crippen LogP contribution in [0.5, 0.6) is 5.75 Å². The van der Waals surface area contributed by atoms with Gasteiger partial charge in [0.05, 0.1) is 26.4 Å². The number of ether oxygens (including phenoxy) is 8. The first-order chi connectivity index (χ1) is 29.6. The molecule has 4 aliphatic rings. The number of carbonyl (C=O) groups is 1. The highest BCUT2D eigenvalue weighted by molar-refractivity contribution is 5.90. The Morgan fingerprint density at radius 3 is 1.53 bits per heavy atom. The number of nitrogens with one attached hydrogen (secondary N) is 1. The average Bonchev–Trinajstić information content (AvgIpc) is 3.27. The van der Waals surface area contributed by atoms with Gasteiger partial charge in [0.15, 0.2) is 18.9 Å². The molecule has 4 fully saturated rings. The van der Waals surface area contributed by atoms with Crippen LogP contribution in [0.2, 0.25) is 0 Å². The quantitative estimate of drug-likeness (QED) is 0.0282. The highest BCUT2D eigenvalue weighted by atomic mass is 19.1. The van der Waals surface area contributed by atoms with Gasteiger partial charge in [-0.05, 0) is 30.2 Å². The molecule has 4 heterocycles. The third kappa shape index (κ3) is 11.2. The van der Waals surface area contributed by atoms with Crippen LogP contribution in [0.15, 0.2) is 23.3 Å². The summed E-state index contributed by atoms with van der Waals surface area (Å²) in [4.78, 5) is 14.8. The lowest BCUT2D eigenvalue weighted by Gasteiger charge is -2.49. The Bertz CT molecular complexity index is 1630. The number of hydrogen-bond acceptors (Lipinski definition) is 23. The largest absolute Gasteiger partial charge is 0.462 e. The highest BCUT2D eigenvalue weighted by Crippen LogP contribution is 2.35. The Labute approximate surface area is 350 Å². The molecule has 14 N–H and O–H groups in total. The summed E-state index contributed by atoms with van der Waals surface area (Å²) >= 11 is 0. The molecule has 0 radical (unpaired) electrons. The van der Waals surface area contributed by atoms with Gasteiger partial charge in [-0.15, -0.1) is 0 Å². The number of rotatable bonds is 18. The van der Waals surface area contributed by atoms with Crippen molar-refractivity contribution in [2.75, 3.05) is 38.3 Å². The lowest BCUT2D eigenvalue weighted by Crippen LogP contribution is -2.67. The van der Waals surface area contributed by atoms with Gasteiger partial charge in [0, 0.05) is 29.1 Å². The summed E-state index contributed by atoms with van der Waals surface area (Å²) in [5.41, 5.74) is 8.44. The van der Waals surface area contributed by atoms with E-state index in [9.17, 15) is 75.6 Å². The van der Waals surface area contributed by atoms with E-state index in [0.29, 0.717) is 0 Å². The highest BCUT2D eigenvalue weighted by Gasteiger charge is 2.55. The summed E-state index contributed by atoms with van der Waals surface area (Å²) in [7, 11) is 0. The van der Waals surface area contributed by atoms with Gasteiger partial charge in [0.1, 0.15) is 110 Å². The molecule has 0 bridgehead atoms. The van der Waals surface area contributed by atoms with Crippen molar-refractivity contribution >= 4 is 11.6 Å². The summed E-state index contributed by atoms with van der Waals surface area (Å²) in [5, 5.41) is 143. The minimum absolute atomic E-state index is 0.0133. The molecule has 352 valence electrons. The van der Waals surface area contributed by atoms with Crippen molar-refractivity contribution in [2.24, 2.45) is 5.11 Å². The van der Waals surface area contributed by atoms with Crippen molar-refractivity contribution in [3.05, 3.63) is 34.2 Å². The smallest absolute Gasteiger partial charge is 0.229 e. The van der Waals surface area contributed by atoms with Gasteiger partial charge in [0.2, 0.25) is 12.2 Å². The van der Waals surface area contributed by atoms with Crippen molar-refractivity contribution < 1.29 is 113 Å². The number of carbonyl (C=O) groups excluding carboxylic acids is 1. The van der Waals surface area contributed by atoms with Gasteiger partial charge >= 0.3 is 0 Å². The van der Waals surface area contributed by atoms with Crippen molar-refractivity contribution in [1.29, 1.82) is 0 Å². The van der Waals surface area contributed by atoms with E-state index in [1.165, 1.54) is 18.2 Å². The van der Waals surface area contributed by atoms with E-state index in [2.05, 4.69) is 15.3 Å². The standard InChI is InChI=1S/C35H53FN4O22/c36-7-12-6-13(39-19(45)2-1-5-38-40-37)3-4-14(12)55-32-26(52)22(48)29(16(9-42)57-32)61-34-28(54)24(50)31(18(11-44)59-34)62-35-27(53)23(49)30(17(10-43)58-35)60-33-25(51)21(47)20(46)15(8-41)56-33/h3-4,6,15-18,20-35,41-44,46-54H,1-2,5,7-11H2,(H,39,45)/t15?,16?,17?,18?,20-,21?,22?,23?,24?,25?,26?,27?,28?,29+,30-,31+,32-,33-,34-,35-/m1/s1. The fourth-order valence-electron chi connectivity index (χ4n) is 7.21. The van der Waals surface area contributed by atoms with E-state index < -0.39 is 162 Å². The molecule has 20 atom stereocenters. The lowest BCUT2D eigenvalue weighted by atomic mass is 9.95. The molecule has 27 heteroatoms. The van der Waals surface area contributed by atoms with Crippen LogP contribution < -0.4 is 10.1 Å². The zero-order chi connectivity index (χ0) is 45.4. The molecule has 1 amide bonds. The second kappa shape index (κ2) is 22.7. The molecular weight excluding hydrogens is 847 g/mol. The number of aliphatic hydroxyl groups excluding tert-OH is 13. The van der Waals surface area contributed by atoms with Crippen LogP contribution in [0.3, 0.4) is 0 Å². The molecule has 62 heavy (non-hydrogen) atoms. The minimum atomic E-state index is -2.10. The summed E-state index contributed by atoms with van der Waals surface area (Å²) < 4.78 is 58.7. The van der Waals surface area contributed by atoms with Crippen molar-refractivity contribution in [1.82, 2.24) is 0 Å². The molecule has 0 saturated carbocycles. The Morgan fingerprint density at radius 1 is 0.645 bits per heavy atom. The van der Waals surface area contributed by atoms with E-state index in [0.717, 1.165) is 0 Å². The maximum absolute atomic E-state index is 14.1. The molecule has 26 nitrogen and oxygen atoms in total. The van der Waals surface area contributed by atoms with Crippen LogP contribution in [0.4, 0.5) is 10.1 Å². The molecule has 4 saturated heterocycles. The van der Waals surface area contributed by atoms with Crippen molar-refractivity contribution in [3.8, 4) is 5.75 Å². The molecule has 12 unspecified atom stereocenters. The first-order valence-corrected chi connectivity index (χ1v) is 19.4. The molecule has 5 rings (SSSR count). The van der Waals surface area contributed by atoms with Crippen molar-refractivity contribution in [2.45, 2.75) is 142 Å². The number of aliphatic hydroxyl groups is 13. The first kappa shape index (κ1) is 49.9. The molecule has 0 spiro atoms. The normalized spacial score (nSPS) is 41.3. The zero-order valence-corrected chi connectivity index (χ0v) is 32.6. The maximum atomic E-state index is 14.1. The van der Waals surface area contributed by atoms with E-state index in [-0.39, 0.29) is 36.4 Å². The Hall–Kier alpha value is -3.07. The van der Waals surface area contributed by atoms with Gasteiger partial charge in [-0.1, -0.05) is 5.11 Å². The van der Waals surface area contributed by atoms with Crippen LogP contribution in [0.1, 0.15) is 18.4 Å². The van der Waals surface area contributed by atoms with Crippen LogP contribution in [0.25, 0.3) is 10.4 Å². The topological polar surface area (TPSA) is 415 Å². The third-order valence-corrected chi connectivity index (χ3v) is 10.6. The van der Waals surface area contributed by atoms with Crippen LogP contribution in [-0.2, 0) is 44.6 Å². The monoisotopic (exact) mass is 900 g/mol. The molecule has 1 aromatic carbocycles. The van der Waals surface area contributed by atoms with Crippen LogP contribution in [0, 0.1) is 0 Å². The predicted molar refractivity (Wildman–Crippen MR) is 195 cm³/mol. The summed E-state index contributed by atoms with van der Waals surface area (Å²) in [5.74, 6) is -0.614. The number of amides is 1. The minimum Gasteiger partial charge on any atom is -0.462 e. The second-order valence-electron chi connectivity index (χ2n) is 14.8. The average molecular weight is 901 g/mol.